The van der Waals surface area contributed by atoms with Crippen molar-refractivity contribution in [2.45, 2.75) is 18.9 Å². The molecule has 7 heteroatoms. The number of carbonyl (C=O) groups excluding carboxylic acids is 3. The summed E-state index contributed by atoms with van der Waals surface area (Å²) in [6.45, 7) is -0.116. The first-order valence-electron chi connectivity index (χ1n) is 6.76. The highest BCUT2D eigenvalue weighted by Crippen LogP contribution is 2.28. The average Bonchev–Trinajstić information content (AvgIpc) is 3.27. The minimum atomic E-state index is -0.333. The summed E-state index contributed by atoms with van der Waals surface area (Å²) in [5.74, 6) is 0.0446. The fraction of sp³-hybridized carbons (Fsp3) is 0.357. The van der Waals surface area contributed by atoms with Gasteiger partial charge in [-0.05, 0) is 31.0 Å². The van der Waals surface area contributed by atoms with Crippen LogP contribution >= 0.6 is 0 Å². The quantitative estimate of drug-likeness (QED) is 0.709. The van der Waals surface area contributed by atoms with E-state index in [1.165, 1.54) is 0 Å². The number of urea groups is 1. The second kappa shape index (κ2) is 5.43. The van der Waals surface area contributed by atoms with Gasteiger partial charge in [0.05, 0.1) is 12.2 Å². The van der Waals surface area contributed by atoms with E-state index in [4.69, 9.17) is 4.74 Å². The molecule has 0 unspecified atom stereocenters. The maximum absolute atomic E-state index is 12.0. The van der Waals surface area contributed by atoms with Crippen LogP contribution in [-0.2, 0) is 4.79 Å². The van der Waals surface area contributed by atoms with Gasteiger partial charge in [0.15, 0.2) is 12.4 Å². The van der Waals surface area contributed by atoms with Gasteiger partial charge >= 0.3 is 6.03 Å². The first-order chi connectivity index (χ1) is 10.1. The first kappa shape index (κ1) is 13.4. The second-order valence-electron chi connectivity index (χ2n) is 5.07. The molecule has 1 aliphatic heterocycles. The number of nitrogens with one attached hydrogen (secondary N) is 3. The number of ether oxygens (including phenoxy) is 1. The molecule has 1 aliphatic carbocycles. The number of amides is 3. The zero-order chi connectivity index (χ0) is 14.8. The zero-order valence-electron chi connectivity index (χ0n) is 11.3. The Hall–Kier alpha value is -2.57. The largest absolute Gasteiger partial charge is 0.482 e. The molecule has 110 valence electrons. The van der Waals surface area contributed by atoms with Crippen molar-refractivity contribution < 1.29 is 19.1 Å². The number of rotatable bonds is 4. The third-order valence-electron chi connectivity index (χ3n) is 3.26. The molecule has 0 saturated heterocycles. The molecule has 7 nitrogen and oxygen atoms in total. The molecule has 0 bridgehead atoms. The molecule has 1 saturated carbocycles. The van der Waals surface area contributed by atoms with Crippen molar-refractivity contribution in [3.63, 3.8) is 0 Å². The summed E-state index contributed by atoms with van der Waals surface area (Å²) < 4.78 is 5.22. The van der Waals surface area contributed by atoms with Crippen molar-refractivity contribution >= 4 is 23.4 Å². The lowest BCUT2D eigenvalue weighted by Gasteiger charge is -2.18. The predicted octanol–water partition coefficient (Wildman–Crippen LogP) is 0.662. The molecule has 1 aromatic rings. The molecule has 0 atom stereocenters. The van der Waals surface area contributed by atoms with Gasteiger partial charge in [0.1, 0.15) is 5.75 Å². The standard InChI is InChI=1S/C14H15N3O4/c18-11(6-15-14(20)16-9-2-3-9)8-1-4-12-10(5-8)17-13(19)7-21-12/h1,4-5,9H,2-3,6-7H2,(H,17,19)(H2,15,16,20). The zero-order valence-corrected chi connectivity index (χ0v) is 11.3. The van der Waals surface area contributed by atoms with Gasteiger partial charge in [0.2, 0.25) is 0 Å². The molecule has 1 fully saturated rings. The van der Waals surface area contributed by atoms with Gasteiger partial charge in [-0.25, -0.2) is 4.79 Å². The summed E-state index contributed by atoms with van der Waals surface area (Å²) in [5, 5.41) is 7.90. The number of ketones is 1. The Balaban J connectivity index is 1.60. The number of Topliss-reactive ketones (excluding diaryl/α,β-unsaturated/α-hetero) is 1. The van der Waals surface area contributed by atoms with Crippen LogP contribution in [0, 0.1) is 0 Å². The van der Waals surface area contributed by atoms with Crippen molar-refractivity contribution in [3.05, 3.63) is 23.8 Å². The average molecular weight is 289 g/mol. The van der Waals surface area contributed by atoms with Crippen LogP contribution in [0.25, 0.3) is 0 Å². The van der Waals surface area contributed by atoms with Crippen molar-refractivity contribution in [1.82, 2.24) is 10.6 Å². The maximum atomic E-state index is 12.0. The predicted molar refractivity (Wildman–Crippen MR) is 74.5 cm³/mol. The highest BCUT2D eigenvalue weighted by atomic mass is 16.5. The lowest BCUT2D eigenvalue weighted by Crippen LogP contribution is -2.39. The lowest BCUT2D eigenvalue weighted by atomic mass is 10.1. The summed E-state index contributed by atoms with van der Waals surface area (Å²) in [4.78, 5) is 34.7. The molecule has 0 radical (unpaired) electrons. The van der Waals surface area contributed by atoms with Crippen LogP contribution in [0.5, 0.6) is 5.75 Å². The molecule has 3 N–H and O–H groups in total. The van der Waals surface area contributed by atoms with Gasteiger partial charge in [0.25, 0.3) is 5.91 Å². The fourth-order valence-electron chi connectivity index (χ4n) is 1.98. The highest BCUT2D eigenvalue weighted by molar-refractivity contribution is 6.02. The van der Waals surface area contributed by atoms with Gasteiger partial charge < -0.3 is 20.7 Å². The molecular weight excluding hydrogens is 274 g/mol. The van der Waals surface area contributed by atoms with Crippen LogP contribution in [-0.4, -0.2) is 36.9 Å². The topological polar surface area (TPSA) is 96.5 Å². The summed E-state index contributed by atoms with van der Waals surface area (Å²) in [5.41, 5.74) is 0.880. The van der Waals surface area contributed by atoms with Gasteiger partial charge in [-0.2, -0.15) is 0 Å². The Morgan fingerprint density at radius 3 is 2.90 bits per heavy atom. The third-order valence-corrected chi connectivity index (χ3v) is 3.26. The van der Waals surface area contributed by atoms with Crippen LogP contribution in [0.2, 0.25) is 0 Å². The smallest absolute Gasteiger partial charge is 0.315 e. The summed E-state index contributed by atoms with van der Waals surface area (Å²) in [6.07, 6.45) is 1.98. The van der Waals surface area contributed by atoms with Gasteiger partial charge in [-0.15, -0.1) is 0 Å². The van der Waals surface area contributed by atoms with E-state index in [-0.39, 0.29) is 36.9 Å². The van der Waals surface area contributed by atoms with E-state index in [9.17, 15) is 14.4 Å². The van der Waals surface area contributed by atoms with Gasteiger partial charge in [-0.3, -0.25) is 9.59 Å². The van der Waals surface area contributed by atoms with E-state index >= 15 is 0 Å². The monoisotopic (exact) mass is 289 g/mol. The fourth-order valence-corrected chi connectivity index (χ4v) is 1.98. The van der Waals surface area contributed by atoms with Crippen LogP contribution in [0.4, 0.5) is 10.5 Å². The SMILES string of the molecule is O=C1COc2ccc(C(=O)CNC(=O)NC3CC3)cc2N1. The minimum Gasteiger partial charge on any atom is -0.482 e. The van der Waals surface area contributed by atoms with Crippen molar-refractivity contribution in [2.24, 2.45) is 0 Å². The van der Waals surface area contributed by atoms with E-state index in [1.54, 1.807) is 18.2 Å². The number of anilines is 1. The van der Waals surface area contributed by atoms with Crippen molar-refractivity contribution in [2.75, 3.05) is 18.5 Å². The molecule has 0 aromatic heterocycles. The van der Waals surface area contributed by atoms with E-state index in [1.807, 2.05) is 0 Å². The van der Waals surface area contributed by atoms with Crippen LogP contribution in [0.15, 0.2) is 18.2 Å². The Bertz CT molecular complexity index is 610. The Kier molecular flexibility index (Phi) is 3.47. The summed E-state index contributed by atoms with van der Waals surface area (Å²) >= 11 is 0. The van der Waals surface area contributed by atoms with Crippen LogP contribution in [0.1, 0.15) is 23.2 Å². The Morgan fingerprint density at radius 2 is 2.14 bits per heavy atom. The molecule has 2 aliphatic rings. The highest BCUT2D eigenvalue weighted by Gasteiger charge is 2.23. The number of fused-ring (bicyclic) bond motifs is 1. The number of benzene rings is 1. The first-order valence-corrected chi connectivity index (χ1v) is 6.76. The molecule has 3 amide bonds. The van der Waals surface area contributed by atoms with Gasteiger partial charge in [-0.1, -0.05) is 0 Å². The summed E-state index contributed by atoms with van der Waals surface area (Å²) in [7, 11) is 0. The Labute approximate surface area is 121 Å². The second-order valence-corrected chi connectivity index (χ2v) is 5.07. The molecule has 3 rings (SSSR count). The van der Waals surface area contributed by atoms with E-state index in [0.717, 1.165) is 12.8 Å². The van der Waals surface area contributed by atoms with Crippen LogP contribution < -0.4 is 20.7 Å². The summed E-state index contributed by atoms with van der Waals surface area (Å²) in [6, 6.07) is 4.71. The van der Waals surface area contributed by atoms with Crippen LogP contribution in [0.3, 0.4) is 0 Å². The van der Waals surface area contributed by atoms with E-state index in [0.29, 0.717) is 17.0 Å². The number of hydrogen-bond acceptors (Lipinski definition) is 4. The third kappa shape index (κ3) is 3.31. The molecule has 0 spiro atoms. The normalized spacial score (nSPS) is 16.3. The van der Waals surface area contributed by atoms with Gasteiger partial charge in [0, 0.05) is 11.6 Å². The molecule has 1 heterocycles. The van der Waals surface area contributed by atoms with E-state index < -0.39 is 0 Å². The number of carbonyl (C=O) groups is 3. The minimum absolute atomic E-state index is 0.0246. The molecular formula is C14H15N3O4. The molecule has 1 aromatic carbocycles. The maximum Gasteiger partial charge on any atom is 0.315 e. The molecule has 21 heavy (non-hydrogen) atoms. The van der Waals surface area contributed by atoms with Crippen molar-refractivity contribution in [1.29, 1.82) is 0 Å². The van der Waals surface area contributed by atoms with Crippen molar-refractivity contribution in [3.8, 4) is 5.75 Å². The number of hydrogen-bond donors (Lipinski definition) is 3. The lowest BCUT2D eigenvalue weighted by molar-refractivity contribution is -0.118. The Morgan fingerprint density at radius 1 is 1.33 bits per heavy atom. The van der Waals surface area contributed by atoms with E-state index in [2.05, 4.69) is 16.0 Å².